The molecule has 1 aliphatic rings. The number of thiophene rings is 1. The van der Waals surface area contributed by atoms with Crippen LogP contribution in [-0.4, -0.2) is 31.3 Å². The van der Waals surface area contributed by atoms with E-state index in [2.05, 4.69) is 9.82 Å². The molecule has 6 nitrogen and oxygen atoms in total. The Morgan fingerprint density at radius 1 is 1.23 bits per heavy atom. The van der Waals surface area contributed by atoms with Gasteiger partial charge in [-0.15, -0.1) is 11.3 Å². The van der Waals surface area contributed by atoms with Gasteiger partial charge in [-0.1, -0.05) is 41.9 Å². The van der Waals surface area contributed by atoms with E-state index in [0.29, 0.717) is 33.8 Å². The molecule has 2 aromatic carbocycles. The smallest absolute Gasteiger partial charge is 0.283 e. The van der Waals surface area contributed by atoms with Crippen molar-refractivity contribution in [2.45, 2.75) is 12.5 Å². The van der Waals surface area contributed by atoms with Gasteiger partial charge >= 0.3 is 0 Å². The number of rotatable bonds is 5. The van der Waals surface area contributed by atoms with Crippen LogP contribution in [0.15, 0.2) is 65.1 Å². The van der Waals surface area contributed by atoms with Crippen molar-refractivity contribution in [2.75, 3.05) is 11.0 Å². The van der Waals surface area contributed by atoms with Crippen LogP contribution in [0, 0.1) is 5.82 Å². The lowest BCUT2D eigenvalue weighted by molar-refractivity contribution is 0.0716. The number of amides is 1. The lowest BCUT2D eigenvalue weighted by Crippen LogP contribution is -2.26. The highest BCUT2D eigenvalue weighted by molar-refractivity contribution is 7.92. The molecule has 0 unspecified atom stereocenters. The van der Waals surface area contributed by atoms with Crippen LogP contribution in [0.4, 0.5) is 10.1 Å². The van der Waals surface area contributed by atoms with Gasteiger partial charge in [0.15, 0.2) is 0 Å². The molecule has 0 aliphatic carbocycles. The first kappa shape index (κ1) is 21.5. The van der Waals surface area contributed by atoms with Crippen LogP contribution < -0.4 is 4.72 Å². The molecule has 160 valence electrons. The molecule has 1 aromatic heterocycles. The fourth-order valence-corrected chi connectivity index (χ4v) is 4.80. The standard InChI is InChI=1S/C21H17ClFN3O3S2/c1-31(28,29)25-17-6-3-2-5-14(17)18-12-19(13-8-9-16(23)15(22)11-13)26(24-18)21(27)20-7-4-10-30-20/h2-11,19,25H,12H2,1H3/t19-/m1/s1. The van der Waals surface area contributed by atoms with Crippen LogP contribution in [0.5, 0.6) is 0 Å². The first-order valence-electron chi connectivity index (χ1n) is 9.19. The number of hydrogen-bond donors (Lipinski definition) is 1. The average Bonchev–Trinajstić information content (AvgIpc) is 3.39. The molecule has 0 bridgehead atoms. The van der Waals surface area contributed by atoms with Crippen molar-refractivity contribution in [1.82, 2.24) is 5.01 Å². The molecule has 4 rings (SSSR count). The molecule has 0 saturated carbocycles. The number of halogens is 2. The minimum absolute atomic E-state index is 0.0476. The predicted octanol–water partition coefficient (Wildman–Crippen LogP) is 4.90. The largest absolute Gasteiger partial charge is 0.284 e. The highest BCUT2D eigenvalue weighted by Crippen LogP contribution is 2.37. The van der Waals surface area contributed by atoms with Crippen LogP contribution in [0.1, 0.15) is 33.3 Å². The molecule has 0 spiro atoms. The number of sulfonamides is 1. The van der Waals surface area contributed by atoms with Gasteiger partial charge in [0.2, 0.25) is 10.0 Å². The first-order chi connectivity index (χ1) is 14.7. The Labute approximate surface area is 188 Å². The molecule has 1 atom stereocenters. The highest BCUT2D eigenvalue weighted by atomic mass is 35.5. The average molecular weight is 478 g/mol. The number of hydrazone groups is 1. The van der Waals surface area contributed by atoms with E-state index in [9.17, 15) is 17.6 Å². The third-order valence-corrected chi connectivity index (χ3v) is 6.45. The molecule has 1 aliphatic heterocycles. The summed E-state index contributed by atoms with van der Waals surface area (Å²) in [6, 6.07) is 14.1. The number of para-hydroxylation sites is 1. The van der Waals surface area contributed by atoms with E-state index in [1.807, 2.05) is 0 Å². The number of nitrogens with zero attached hydrogens (tertiary/aromatic N) is 2. The third-order valence-electron chi connectivity index (χ3n) is 4.71. The summed E-state index contributed by atoms with van der Waals surface area (Å²) < 4.78 is 39.8. The Hall–Kier alpha value is -2.75. The van der Waals surface area contributed by atoms with Crippen LogP contribution in [0.3, 0.4) is 0 Å². The number of hydrogen-bond acceptors (Lipinski definition) is 5. The minimum Gasteiger partial charge on any atom is -0.283 e. The van der Waals surface area contributed by atoms with Crippen LogP contribution in [-0.2, 0) is 10.0 Å². The number of anilines is 1. The summed E-state index contributed by atoms with van der Waals surface area (Å²) in [6.07, 6.45) is 1.37. The van der Waals surface area contributed by atoms with E-state index < -0.39 is 21.9 Å². The van der Waals surface area contributed by atoms with Crippen molar-refractivity contribution in [3.05, 3.63) is 86.8 Å². The summed E-state index contributed by atoms with van der Waals surface area (Å²) >= 11 is 7.27. The van der Waals surface area contributed by atoms with Gasteiger partial charge in [0.25, 0.3) is 5.91 Å². The van der Waals surface area contributed by atoms with Crippen molar-refractivity contribution >= 4 is 50.3 Å². The van der Waals surface area contributed by atoms with Gasteiger partial charge in [-0.05, 0) is 35.2 Å². The zero-order valence-electron chi connectivity index (χ0n) is 16.2. The maximum absolute atomic E-state index is 13.7. The van der Waals surface area contributed by atoms with Gasteiger partial charge < -0.3 is 0 Å². The number of carbonyl (C=O) groups excluding carboxylic acids is 1. The molecule has 31 heavy (non-hydrogen) atoms. The fourth-order valence-electron chi connectivity index (χ4n) is 3.38. The second-order valence-corrected chi connectivity index (χ2v) is 10.1. The van der Waals surface area contributed by atoms with Gasteiger partial charge in [0, 0.05) is 12.0 Å². The Morgan fingerprint density at radius 3 is 2.68 bits per heavy atom. The van der Waals surface area contributed by atoms with Crippen molar-refractivity contribution in [3.8, 4) is 0 Å². The number of nitrogens with one attached hydrogen (secondary N) is 1. The number of carbonyl (C=O) groups is 1. The molecule has 1 N–H and O–H groups in total. The predicted molar refractivity (Wildman–Crippen MR) is 121 cm³/mol. The quantitative estimate of drug-likeness (QED) is 0.567. The van der Waals surface area contributed by atoms with E-state index >= 15 is 0 Å². The van der Waals surface area contributed by atoms with Gasteiger partial charge in [0.05, 0.1) is 33.6 Å². The van der Waals surface area contributed by atoms with Gasteiger partial charge in [0.1, 0.15) is 5.82 Å². The third kappa shape index (κ3) is 4.63. The summed E-state index contributed by atoms with van der Waals surface area (Å²) in [5, 5.41) is 7.65. The van der Waals surface area contributed by atoms with Crippen LogP contribution in [0.2, 0.25) is 5.02 Å². The van der Waals surface area contributed by atoms with Gasteiger partial charge in [-0.25, -0.2) is 17.8 Å². The van der Waals surface area contributed by atoms with Gasteiger partial charge in [-0.2, -0.15) is 5.10 Å². The van der Waals surface area contributed by atoms with E-state index in [1.165, 1.54) is 28.5 Å². The highest BCUT2D eigenvalue weighted by Gasteiger charge is 2.35. The van der Waals surface area contributed by atoms with E-state index in [-0.39, 0.29) is 10.9 Å². The lowest BCUT2D eigenvalue weighted by atomic mass is 9.97. The molecule has 0 saturated heterocycles. The van der Waals surface area contributed by atoms with Crippen molar-refractivity contribution in [1.29, 1.82) is 0 Å². The number of benzene rings is 2. The zero-order valence-corrected chi connectivity index (χ0v) is 18.6. The Kier molecular flexibility index (Phi) is 5.83. The molecular weight excluding hydrogens is 461 g/mol. The Bertz CT molecular complexity index is 1280. The molecule has 1 amide bonds. The van der Waals surface area contributed by atoms with E-state index in [1.54, 1.807) is 47.8 Å². The van der Waals surface area contributed by atoms with Crippen LogP contribution >= 0.6 is 22.9 Å². The summed E-state index contributed by atoms with van der Waals surface area (Å²) in [6.45, 7) is 0. The molecular formula is C21H17ClFN3O3S2. The second kappa shape index (κ2) is 8.41. The first-order valence-corrected chi connectivity index (χ1v) is 12.3. The Morgan fingerprint density at radius 2 is 2.00 bits per heavy atom. The maximum Gasteiger partial charge on any atom is 0.284 e. The maximum atomic E-state index is 13.7. The summed E-state index contributed by atoms with van der Waals surface area (Å²) in [5.41, 5.74) is 2.09. The van der Waals surface area contributed by atoms with E-state index in [4.69, 9.17) is 11.6 Å². The summed E-state index contributed by atoms with van der Waals surface area (Å²) in [7, 11) is -3.51. The molecule has 3 aromatic rings. The molecule has 10 heteroatoms. The zero-order chi connectivity index (χ0) is 22.2. The lowest BCUT2D eigenvalue weighted by Gasteiger charge is -2.21. The fraction of sp³-hybridized carbons (Fsp3) is 0.143. The normalized spacial score (nSPS) is 16.3. The second-order valence-electron chi connectivity index (χ2n) is 6.99. The van der Waals surface area contributed by atoms with Crippen molar-refractivity contribution < 1.29 is 17.6 Å². The SMILES string of the molecule is CS(=O)(=O)Nc1ccccc1C1=NN(C(=O)c2cccs2)[C@@H](c2ccc(F)c(Cl)c2)C1. The molecule has 2 heterocycles. The Balaban J connectivity index is 1.78. The van der Waals surface area contributed by atoms with Crippen LogP contribution in [0.25, 0.3) is 0 Å². The van der Waals surface area contributed by atoms with Gasteiger partial charge in [-0.3, -0.25) is 9.52 Å². The molecule has 0 radical (unpaired) electrons. The molecule has 0 fully saturated rings. The summed E-state index contributed by atoms with van der Waals surface area (Å²) in [5.74, 6) is -0.854. The van der Waals surface area contributed by atoms with E-state index in [0.717, 1.165) is 6.26 Å². The van der Waals surface area contributed by atoms with Crippen molar-refractivity contribution in [3.63, 3.8) is 0 Å². The van der Waals surface area contributed by atoms with Crippen molar-refractivity contribution in [2.24, 2.45) is 5.10 Å². The topological polar surface area (TPSA) is 78.8 Å². The monoisotopic (exact) mass is 477 g/mol. The summed E-state index contributed by atoms with van der Waals surface area (Å²) in [4.78, 5) is 13.7. The minimum atomic E-state index is -3.51.